The first-order chi connectivity index (χ1) is 7.56. The van der Waals surface area contributed by atoms with Gasteiger partial charge in [0, 0.05) is 11.9 Å². The van der Waals surface area contributed by atoms with E-state index in [1.165, 1.54) is 6.20 Å². The molecule has 4 heteroatoms. The Hall–Kier alpha value is -2.15. The van der Waals surface area contributed by atoms with Gasteiger partial charge in [0.25, 0.3) is 0 Å². The molecular formula is C12H11N3O. The first-order valence-electron chi connectivity index (χ1n) is 4.95. The third kappa shape index (κ3) is 1.29. The van der Waals surface area contributed by atoms with Crippen LogP contribution in [0, 0.1) is 32.1 Å². The van der Waals surface area contributed by atoms with Gasteiger partial charge in [-0.25, -0.2) is 4.98 Å². The van der Waals surface area contributed by atoms with Gasteiger partial charge in [0.1, 0.15) is 17.1 Å². The summed E-state index contributed by atoms with van der Waals surface area (Å²) in [7, 11) is 0. The molecule has 80 valence electrons. The largest absolute Gasteiger partial charge is 0.358 e. The fourth-order valence-electron chi connectivity index (χ4n) is 1.71. The van der Waals surface area contributed by atoms with Crippen molar-refractivity contribution in [3.05, 3.63) is 38.8 Å². The van der Waals surface area contributed by atoms with Crippen LogP contribution in [0.5, 0.6) is 0 Å². The second-order valence-corrected chi connectivity index (χ2v) is 3.81. The van der Waals surface area contributed by atoms with E-state index in [1.807, 2.05) is 26.8 Å². The number of rotatable bonds is 0. The average molecular weight is 213 g/mol. The number of hydrogen-bond donors (Lipinski definition) is 1. The van der Waals surface area contributed by atoms with Crippen LogP contribution in [-0.4, -0.2) is 9.97 Å². The van der Waals surface area contributed by atoms with Gasteiger partial charge in [-0.2, -0.15) is 5.26 Å². The SMILES string of the molecule is Cc1nc2c(=O)c(C#N)c[nH]c2c(C)c1C. The number of nitrogens with zero attached hydrogens (tertiary/aromatic N) is 2. The molecule has 2 aromatic rings. The van der Waals surface area contributed by atoms with Gasteiger partial charge in [-0.15, -0.1) is 0 Å². The standard InChI is InChI=1S/C12H11N3O/c1-6-7(2)10-11(15-8(6)3)12(16)9(4-13)5-14-10/h5H,1-3H3,(H,14,16). The maximum Gasteiger partial charge on any atom is 0.225 e. The van der Waals surface area contributed by atoms with Gasteiger partial charge in [0.15, 0.2) is 0 Å². The second kappa shape index (κ2) is 3.46. The highest BCUT2D eigenvalue weighted by Gasteiger charge is 2.11. The lowest BCUT2D eigenvalue weighted by molar-refractivity contribution is 1.14. The minimum absolute atomic E-state index is 0.0997. The van der Waals surface area contributed by atoms with Crippen molar-refractivity contribution in [2.24, 2.45) is 0 Å². The van der Waals surface area contributed by atoms with Crippen LogP contribution in [0.1, 0.15) is 22.4 Å². The second-order valence-electron chi connectivity index (χ2n) is 3.81. The zero-order valence-corrected chi connectivity index (χ0v) is 9.38. The molecule has 0 aromatic carbocycles. The van der Waals surface area contributed by atoms with Gasteiger partial charge in [-0.05, 0) is 31.9 Å². The number of aryl methyl sites for hydroxylation is 2. The highest BCUT2D eigenvalue weighted by Crippen LogP contribution is 2.17. The molecule has 2 heterocycles. The summed E-state index contributed by atoms with van der Waals surface area (Å²) in [5.41, 5.74) is 3.75. The number of aromatic amines is 1. The fraction of sp³-hybridized carbons (Fsp3) is 0.250. The molecule has 0 saturated heterocycles. The predicted molar refractivity (Wildman–Crippen MR) is 61.3 cm³/mol. The summed E-state index contributed by atoms with van der Waals surface area (Å²) in [5.74, 6) is 0. The van der Waals surface area contributed by atoms with Crippen molar-refractivity contribution in [3.63, 3.8) is 0 Å². The minimum Gasteiger partial charge on any atom is -0.358 e. The van der Waals surface area contributed by atoms with E-state index in [0.717, 1.165) is 16.8 Å². The van der Waals surface area contributed by atoms with Crippen LogP contribution in [0.4, 0.5) is 0 Å². The smallest absolute Gasteiger partial charge is 0.225 e. The van der Waals surface area contributed by atoms with Crippen molar-refractivity contribution in [1.29, 1.82) is 5.26 Å². The zero-order chi connectivity index (χ0) is 11.9. The molecule has 0 bridgehead atoms. The van der Waals surface area contributed by atoms with Crippen molar-refractivity contribution in [3.8, 4) is 6.07 Å². The third-order valence-corrected chi connectivity index (χ3v) is 2.94. The number of nitriles is 1. The van der Waals surface area contributed by atoms with Crippen LogP contribution in [0.15, 0.2) is 11.0 Å². The zero-order valence-electron chi connectivity index (χ0n) is 9.38. The van der Waals surface area contributed by atoms with Crippen LogP contribution < -0.4 is 5.43 Å². The Morgan fingerprint density at radius 1 is 1.31 bits per heavy atom. The Labute approximate surface area is 92.6 Å². The summed E-state index contributed by atoms with van der Waals surface area (Å²) in [6.07, 6.45) is 1.44. The van der Waals surface area contributed by atoms with Crippen molar-refractivity contribution >= 4 is 11.0 Å². The Kier molecular flexibility index (Phi) is 2.24. The average Bonchev–Trinajstić information content (AvgIpc) is 2.28. The Morgan fingerprint density at radius 3 is 2.62 bits per heavy atom. The van der Waals surface area contributed by atoms with E-state index in [9.17, 15) is 4.79 Å². The number of H-pyrrole nitrogens is 1. The monoisotopic (exact) mass is 213 g/mol. The van der Waals surface area contributed by atoms with Crippen LogP contribution in [-0.2, 0) is 0 Å². The van der Waals surface area contributed by atoms with E-state index in [0.29, 0.717) is 11.0 Å². The van der Waals surface area contributed by atoms with Crippen LogP contribution in [0.25, 0.3) is 11.0 Å². The Balaban J connectivity index is 3.04. The van der Waals surface area contributed by atoms with E-state index in [-0.39, 0.29) is 11.0 Å². The Bertz CT molecular complexity index is 677. The maximum absolute atomic E-state index is 11.9. The van der Waals surface area contributed by atoms with Gasteiger partial charge in [-0.3, -0.25) is 4.79 Å². The molecule has 2 rings (SSSR count). The quantitative estimate of drug-likeness (QED) is 0.724. The van der Waals surface area contributed by atoms with Gasteiger partial charge >= 0.3 is 0 Å². The first-order valence-corrected chi connectivity index (χ1v) is 4.95. The fourth-order valence-corrected chi connectivity index (χ4v) is 1.71. The van der Waals surface area contributed by atoms with Crippen LogP contribution >= 0.6 is 0 Å². The third-order valence-electron chi connectivity index (χ3n) is 2.94. The molecule has 0 saturated carbocycles. The summed E-state index contributed by atoms with van der Waals surface area (Å²) < 4.78 is 0. The molecule has 0 aliphatic rings. The predicted octanol–water partition coefficient (Wildman–Crippen LogP) is 1.72. The Morgan fingerprint density at radius 2 is 2.00 bits per heavy atom. The minimum atomic E-state index is -0.303. The van der Waals surface area contributed by atoms with E-state index < -0.39 is 0 Å². The maximum atomic E-state index is 11.9. The molecule has 0 aliphatic heterocycles. The summed E-state index contributed by atoms with van der Waals surface area (Å²) >= 11 is 0. The highest BCUT2D eigenvalue weighted by atomic mass is 16.1. The van der Waals surface area contributed by atoms with Crippen LogP contribution in [0.3, 0.4) is 0 Å². The van der Waals surface area contributed by atoms with Crippen molar-refractivity contribution < 1.29 is 0 Å². The molecule has 4 nitrogen and oxygen atoms in total. The van der Waals surface area contributed by atoms with Crippen molar-refractivity contribution in [2.75, 3.05) is 0 Å². The first kappa shape index (κ1) is 10.4. The summed E-state index contributed by atoms with van der Waals surface area (Å²) in [4.78, 5) is 19.1. The number of pyridine rings is 2. The molecule has 16 heavy (non-hydrogen) atoms. The lowest BCUT2D eigenvalue weighted by Crippen LogP contribution is -2.11. The number of nitrogens with one attached hydrogen (secondary N) is 1. The summed E-state index contributed by atoms with van der Waals surface area (Å²) in [6, 6.07) is 1.86. The van der Waals surface area contributed by atoms with E-state index in [4.69, 9.17) is 5.26 Å². The molecule has 2 aromatic heterocycles. The van der Waals surface area contributed by atoms with Gasteiger partial charge < -0.3 is 4.98 Å². The summed E-state index contributed by atoms with van der Waals surface area (Å²) in [6.45, 7) is 5.77. The van der Waals surface area contributed by atoms with E-state index in [2.05, 4.69) is 9.97 Å². The van der Waals surface area contributed by atoms with Crippen LogP contribution in [0.2, 0.25) is 0 Å². The number of hydrogen-bond acceptors (Lipinski definition) is 3. The van der Waals surface area contributed by atoms with Gasteiger partial charge in [0.05, 0.1) is 5.52 Å². The number of fused-ring (bicyclic) bond motifs is 1. The number of aromatic nitrogens is 2. The van der Waals surface area contributed by atoms with Crippen molar-refractivity contribution in [2.45, 2.75) is 20.8 Å². The van der Waals surface area contributed by atoms with Gasteiger partial charge in [-0.1, -0.05) is 0 Å². The topological polar surface area (TPSA) is 69.5 Å². The molecule has 0 fully saturated rings. The summed E-state index contributed by atoms with van der Waals surface area (Å²) in [5, 5.41) is 8.77. The molecule has 0 spiro atoms. The van der Waals surface area contributed by atoms with Gasteiger partial charge in [0.2, 0.25) is 5.43 Å². The highest BCUT2D eigenvalue weighted by molar-refractivity contribution is 5.80. The molecule has 0 amide bonds. The van der Waals surface area contributed by atoms with E-state index in [1.54, 1.807) is 0 Å². The van der Waals surface area contributed by atoms with E-state index >= 15 is 0 Å². The molecule has 1 N–H and O–H groups in total. The lowest BCUT2D eigenvalue weighted by atomic mass is 10.1. The molecule has 0 aliphatic carbocycles. The van der Waals surface area contributed by atoms with Crippen molar-refractivity contribution in [1.82, 2.24) is 9.97 Å². The molecular weight excluding hydrogens is 202 g/mol. The molecule has 0 radical (unpaired) electrons. The normalized spacial score (nSPS) is 10.4. The molecule has 0 atom stereocenters. The lowest BCUT2D eigenvalue weighted by Gasteiger charge is -2.07. The molecule has 0 unspecified atom stereocenters.